The molecule has 0 fully saturated rings. The van der Waals surface area contributed by atoms with Crippen LogP contribution in [0.5, 0.6) is 0 Å². The second-order valence-corrected chi connectivity index (χ2v) is 6.19. The molecule has 22 heavy (non-hydrogen) atoms. The highest BCUT2D eigenvalue weighted by Gasteiger charge is 2.20. The molecular weight excluding hydrogens is 416 g/mol. The predicted molar refractivity (Wildman–Crippen MR) is 90.0 cm³/mol. The van der Waals surface area contributed by atoms with Gasteiger partial charge in [-0.15, -0.1) is 0 Å². The molecule has 0 amide bonds. The maximum Gasteiger partial charge on any atom is 0.338 e. The van der Waals surface area contributed by atoms with E-state index in [1.54, 1.807) is 36.4 Å². The molecular formula is C16H12Br2O4. The van der Waals surface area contributed by atoms with Crippen molar-refractivity contribution >= 4 is 43.8 Å². The van der Waals surface area contributed by atoms with Gasteiger partial charge in [0.05, 0.1) is 25.3 Å². The van der Waals surface area contributed by atoms with Gasteiger partial charge in [0, 0.05) is 8.95 Å². The average molecular weight is 428 g/mol. The lowest BCUT2D eigenvalue weighted by Crippen LogP contribution is -2.07. The number of hydrogen-bond donors (Lipinski definition) is 0. The number of benzene rings is 2. The monoisotopic (exact) mass is 426 g/mol. The molecule has 0 saturated carbocycles. The number of carbonyl (C=O) groups is 2. The van der Waals surface area contributed by atoms with Crippen LogP contribution < -0.4 is 0 Å². The Morgan fingerprint density at radius 1 is 0.773 bits per heavy atom. The summed E-state index contributed by atoms with van der Waals surface area (Å²) >= 11 is 6.66. The van der Waals surface area contributed by atoms with E-state index in [2.05, 4.69) is 31.9 Å². The summed E-state index contributed by atoms with van der Waals surface area (Å²) in [5.41, 5.74) is 1.93. The van der Waals surface area contributed by atoms with E-state index >= 15 is 0 Å². The van der Waals surface area contributed by atoms with Crippen molar-refractivity contribution in [3.8, 4) is 11.1 Å². The number of ether oxygens (including phenoxy) is 2. The summed E-state index contributed by atoms with van der Waals surface area (Å²) < 4.78 is 11.1. The van der Waals surface area contributed by atoms with Crippen molar-refractivity contribution in [2.45, 2.75) is 0 Å². The van der Waals surface area contributed by atoms with Crippen LogP contribution in [0.15, 0.2) is 45.3 Å². The summed E-state index contributed by atoms with van der Waals surface area (Å²) in [6, 6.07) is 10.4. The van der Waals surface area contributed by atoms with Crippen molar-refractivity contribution in [3.63, 3.8) is 0 Å². The topological polar surface area (TPSA) is 52.6 Å². The maximum absolute atomic E-state index is 12.0. The highest BCUT2D eigenvalue weighted by atomic mass is 79.9. The smallest absolute Gasteiger partial charge is 0.338 e. The molecule has 0 spiro atoms. The van der Waals surface area contributed by atoms with Crippen LogP contribution in [0.25, 0.3) is 11.1 Å². The molecule has 0 radical (unpaired) electrons. The van der Waals surface area contributed by atoms with Gasteiger partial charge in [-0.05, 0) is 35.4 Å². The highest BCUT2D eigenvalue weighted by Crippen LogP contribution is 2.32. The van der Waals surface area contributed by atoms with E-state index in [4.69, 9.17) is 9.47 Å². The molecule has 0 N–H and O–H groups in total. The normalized spacial score (nSPS) is 10.2. The van der Waals surface area contributed by atoms with Crippen molar-refractivity contribution in [3.05, 3.63) is 56.5 Å². The summed E-state index contributed by atoms with van der Waals surface area (Å²) in [7, 11) is 2.63. The zero-order valence-corrected chi connectivity index (χ0v) is 15.0. The van der Waals surface area contributed by atoms with Gasteiger partial charge >= 0.3 is 11.9 Å². The van der Waals surface area contributed by atoms with Gasteiger partial charge in [-0.25, -0.2) is 9.59 Å². The minimum atomic E-state index is -0.477. The minimum Gasteiger partial charge on any atom is -0.465 e. The molecule has 114 valence electrons. The Balaban J connectivity index is 2.72. The van der Waals surface area contributed by atoms with Crippen LogP contribution in [-0.2, 0) is 9.47 Å². The minimum absolute atomic E-state index is 0.365. The van der Waals surface area contributed by atoms with E-state index < -0.39 is 11.9 Å². The number of esters is 2. The van der Waals surface area contributed by atoms with Crippen molar-refractivity contribution < 1.29 is 19.1 Å². The van der Waals surface area contributed by atoms with Gasteiger partial charge < -0.3 is 9.47 Å². The van der Waals surface area contributed by atoms with Crippen molar-refractivity contribution in [2.75, 3.05) is 14.2 Å². The molecule has 0 unspecified atom stereocenters. The van der Waals surface area contributed by atoms with E-state index in [0.717, 1.165) is 8.95 Å². The van der Waals surface area contributed by atoms with Crippen LogP contribution in [0.2, 0.25) is 0 Å². The van der Waals surface area contributed by atoms with Crippen LogP contribution in [0.1, 0.15) is 20.7 Å². The predicted octanol–water partition coefficient (Wildman–Crippen LogP) is 4.45. The lowest BCUT2D eigenvalue weighted by atomic mass is 9.95. The standard InChI is InChI=1S/C16H12Br2O4/c1-21-15(19)13-7-9(17)3-5-11(13)12-6-4-10(18)8-14(12)16(20)22-2/h3-8H,1-2H3. The van der Waals surface area contributed by atoms with Crippen LogP contribution in [-0.4, -0.2) is 26.2 Å². The Kier molecular flexibility index (Phi) is 5.37. The van der Waals surface area contributed by atoms with Gasteiger partial charge in [0.2, 0.25) is 0 Å². The van der Waals surface area contributed by atoms with Gasteiger partial charge in [-0.2, -0.15) is 0 Å². The van der Waals surface area contributed by atoms with Crippen LogP contribution in [0.3, 0.4) is 0 Å². The van der Waals surface area contributed by atoms with E-state index in [-0.39, 0.29) is 0 Å². The number of carbonyl (C=O) groups excluding carboxylic acids is 2. The lowest BCUT2D eigenvalue weighted by molar-refractivity contribution is 0.0590. The fourth-order valence-corrected chi connectivity index (χ4v) is 2.78. The number of halogens is 2. The Bertz CT molecular complexity index is 677. The quantitative estimate of drug-likeness (QED) is 0.679. The van der Waals surface area contributed by atoms with E-state index in [1.165, 1.54) is 14.2 Å². The molecule has 0 aromatic heterocycles. The molecule has 6 heteroatoms. The van der Waals surface area contributed by atoms with E-state index in [1.807, 2.05) is 0 Å². The first-order valence-electron chi connectivity index (χ1n) is 6.24. The molecule has 0 aliphatic carbocycles. The van der Waals surface area contributed by atoms with Gasteiger partial charge in [-0.3, -0.25) is 0 Å². The highest BCUT2D eigenvalue weighted by molar-refractivity contribution is 9.10. The third-order valence-electron chi connectivity index (χ3n) is 3.06. The molecule has 2 aromatic rings. The van der Waals surface area contributed by atoms with Crippen molar-refractivity contribution in [1.29, 1.82) is 0 Å². The van der Waals surface area contributed by atoms with Gasteiger partial charge in [0.15, 0.2) is 0 Å². The summed E-state index contributed by atoms with van der Waals surface area (Å²) in [5, 5.41) is 0. The summed E-state index contributed by atoms with van der Waals surface area (Å²) in [6.07, 6.45) is 0. The first-order valence-corrected chi connectivity index (χ1v) is 7.82. The zero-order chi connectivity index (χ0) is 16.3. The molecule has 0 bridgehead atoms. The first kappa shape index (κ1) is 16.7. The fraction of sp³-hybridized carbons (Fsp3) is 0.125. The number of hydrogen-bond acceptors (Lipinski definition) is 4. The maximum atomic E-state index is 12.0. The molecule has 0 aliphatic rings. The Hall–Kier alpha value is -1.66. The lowest BCUT2D eigenvalue weighted by Gasteiger charge is -2.12. The fourth-order valence-electron chi connectivity index (χ4n) is 2.06. The van der Waals surface area contributed by atoms with Crippen molar-refractivity contribution in [2.24, 2.45) is 0 Å². The van der Waals surface area contributed by atoms with E-state index in [9.17, 15) is 9.59 Å². The second kappa shape index (κ2) is 7.07. The molecule has 0 heterocycles. The van der Waals surface area contributed by atoms with Crippen LogP contribution >= 0.6 is 31.9 Å². The number of rotatable bonds is 3. The Labute approximate surface area is 144 Å². The molecule has 2 aromatic carbocycles. The number of methoxy groups -OCH3 is 2. The van der Waals surface area contributed by atoms with Gasteiger partial charge in [-0.1, -0.05) is 44.0 Å². The van der Waals surface area contributed by atoms with Crippen LogP contribution in [0, 0.1) is 0 Å². The van der Waals surface area contributed by atoms with E-state index in [0.29, 0.717) is 22.3 Å². The Morgan fingerprint density at radius 2 is 1.14 bits per heavy atom. The first-order chi connectivity index (χ1) is 10.5. The summed E-state index contributed by atoms with van der Waals surface area (Å²) in [5.74, 6) is -0.954. The summed E-state index contributed by atoms with van der Waals surface area (Å²) in [4.78, 5) is 24.0. The summed E-state index contributed by atoms with van der Waals surface area (Å²) in [6.45, 7) is 0. The third kappa shape index (κ3) is 3.39. The molecule has 0 saturated heterocycles. The van der Waals surface area contributed by atoms with Gasteiger partial charge in [0.1, 0.15) is 0 Å². The largest absolute Gasteiger partial charge is 0.465 e. The molecule has 0 aliphatic heterocycles. The Morgan fingerprint density at radius 3 is 1.45 bits per heavy atom. The average Bonchev–Trinajstić information content (AvgIpc) is 2.53. The SMILES string of the molecule is COC(=O)c1cc(Br)ccc1-c1ccc(Br)cc1C(=O)OC. The zero-order valence-electron chi connectivity index (χ0n) is 11.9. The second-order valence-electron chi connectivity index (χ2n) is 4.36. The molecule has 0 atom stereocenters. The van der Waals surface area contributed by atoms with Crippen molar-refractivity contribution in [1.82, 2.24) is 0 Å². The molecule has 2 rings (SSSR count). The third-order valence-corrected chi connectivity index (χ3v) is 4.05. The van der Waals surface area contributed by atoms with Crippen LogP contribution in [0.4, 0.5) is 0 Å². The van der Waals surface area contributed by atoms with Gasteiger partial charge in [0.25, 0.3) is 0 Å². The molecule has 4 nitrogen and oxygen atoms in total.